The van der Waals surface area contributed by atoms with Crippen LogP contribution in [0, 0.1) is 0 Å². The number of hydrogen-bond donors (Lipinski definition) is 1. The molecule has 0 aliphatic rings. The van der Waals surface area contributed by atoms with Crippen LogP contribution in [-0.4, -0.2) is 24.3 Å². The first kappa shape index (κ1) is 21.0. The zero-order chi connectivity index (χ0) is 21.5. The molecule has 158 valence electrons. The maximum absolute atomic E-state index is 12.6. The summed E-state index contributed by atoms with van der Waals surface area (Å²) in [6.07, 6.45) is 1.92. The molecule has 0 spiro atoms. The lowest BCUT2D eigenvalue weighted by molar-refractivity contribution is 0.0225. The van der Waals surface area contributed by atoms with Gasteiger partial charge in [0, 0.05) is 12.2 Å². The zero-order valence-corrected chi connectivity index (χ0v) is 18.2. The summed E-state index contributed by atoms with van der Waals surface area (Å²) in [5.41, 5.74) is 3.95. The minimum atomic E-state index is -0.165. The van der Waals surface area contributed by atoms with Gasteiger partial charge in [0.15, 0.2) is 11.9 Å². The quantitative estimate of drug-likeness (QED) is 0.272. The Balaban J connectivity index is 1.36. The van der Waals surface area contributed by atoms with E-state index in [1.807, 2.05) is 55.5 Å². The number of ether oxygens (including phenoxy) is 2. The Labute approximate surface area is 185 Å². The van der Waals surface area contributed by atoms with Crippen molar-refractivity contribution in [1.29, 1.82) is 0 Å². The highest BCUT2D eigenvalue weighted by Gasteiger charge is 2.11. The van der Waals surface area contributed by atoms with E-state index in [1.165, 1.54) is 22.5 Å². The molecule has 6 heteroatoms. The first-order valence-electron chi connectivity index (χ1n) is 10.3. The minimum Gasteiger partial charge on any atom is -0.468 e. The van der Waals surface area contributed by atoms with Crippen molar-refractivity contribution in [2.75, 3.05) is 18.7 Å². The van der Waals surface area contributed by atoms with Gasteiger partial charge in [-0.3, -0.25) is 10.1 Å². The topological polar surface area (TPSA) is 60.5 Å². The molecule has 0 radical (unpaired) electrons. The Kier molecular flexibility index (Phi) is 6.92. The van der Waals surface area contributed by atoms with E-state index in [4.69, 9.17) is 9.47 Å². The van der Waals surface area contributed by atoms with Crippen LogP contribution >= 0.6 is 11.3 Å². The average Bonchev–Trinajstić information content (AvgIpc) is 3.20. The van der Waals surface area contributed by atoms with Gasteiger partial charge in [0.25, 0.3) is 5.91 Å². The molecule has 4 rings (SSSR count). The molecule has 0 atom stereocenters. The van der Waals surface area contributed by atoms with Crippen molar-refractivity contribution < 1.29 is 14.3 Å². The van der Waals surface area contributed by atoms with Gasteiger partial charge in [-0.05, 0) is 61.2 Å². The standard InChI is InChI=1S/C25H24N2O3S/c1-2-29-17-30-21-14-15-22-23(16-21)31-25(26-22)27-24(28)20-12-10-19(11-13-20)9-8-18-6-4-3-5-7-18/h3-7,10-16H,2,8-9,17H2,1H3,(H,26,27,28). The molecule has 1 aromatic heterocycles. The van der Waals surface area contributed by atoms with Crippen LogP contribution in [0.3, 0.4) is 0 Å². The van der Waals surface area contributed by atoms with Gasteiger partial charge < -0.3 is 9.47 Å². The number of thiazole rings is 1. The van der Waals surface area contributed by atoms with E-state index >= 15 is 0 Å². The van der Waals surface area contributed by atoms with Crippen LogP contribution < -0.4 is 10.1 Å². The summed E-state index contributed by atoms with van der Waals surface area (Å²) >= 11 is 1.42. The van der Waals surface area contributed by atoms with E-state index in [2.05, 4.69) is 34.6 Å². The molecule has 5 nitrogen and oxygen atoms in total. The molecule has 1 heterocycles. The second-order valence-corrected chi connectivity index (χ2v) is 8.07. The molecule has 0 saturated carbocycles. The first-order valence-corrected chi connectivity index (χ1v) is 11.1. The fourth-order valence-electron chi connectivity index (χ4n) is 3.17. The normalized spacial score (nSPS) is 10.9. The summed E-state index contributed by atoms with van der Waals surface area (Å²) in [4.78, 5) is 17.1. The van der Waals surface area contributed by atoms with Crippen molar-refractivity contribution in [3.05, 3.63) is 89.5 Å². The van der Waals surface area contributed by atoms with Crippen LogP contribution in [0.2, 0.25) is 0 Å². The number of nitrogens with one attached hydrogen (secondary N) is 1. The summed E-state index contributed by atoms with van der Waals surface area (Å²) in [6.45, 7) is 2.74. The highest BCUT2D eigenvalue weighted by Crippen LogP contribution is 2.29. The largest absolute Gasteiger partial charge is 0.468 e. The number of amides is 1. The SMILES string of the molecule is CCOCOc1ccc2nc(NC(=O)c3ccc(CCc4ccccc4)cc3)sc2c1. The summed E-state index contributed by atoms with van der Waals surface area (Å²) in [6, 6.07) is 23.8. The number of aryl methyl sites for hydroxylation is 2. The fourth-order valence-corrected chi connectivity index (χ4v) is 4.06. The van der Waals surface area contributed by atoms with Crippen LogP contribution in [0.4, 0.5) is 5.13 Å². The van der Waals surface area contributed by atoms with E-state index in [0.717, 1.165) is 23.1 Å². The van der Waals surface area contributed by atoms with Crippen LogP contribution in [0.5, 0.6) is 5.75 Å². The van der Waals surface area contributed by atoms with Crippen molar-refractivity contribution in [1.82, 2.24) is 4.98 Å². The molecular weight excluding hydrogens is 408 g/mol. The lowest BCUT2D eigenvalue weighted by Crippen LogP contribution is -2.11. The van der Waals surface area contributed by atoms with E-state index in [9.17, 15) is 4.79 Å². The molecule has 0 fully saturated rings. The summed E-state index contributed by atoms with van der Waals surface area (Å²) in [5.74, 6) is 0.551. The fraction of sp³-hybridized carbons (Fsp3) is 0.200. The van der Waals surface area contributed by atoms with Crippen molar-refractivity contribution in [3.63, 3.8) is 0 Å². The maximum atomic E-state index is 12.6. The molecule has 1 N–H and O–H groups in total. The Bertz CT molecular complexity index is 1140. The van der Waals surface area contributed by atoms with Crippen molar-refractivity contribution in [2.45, 2.75) is 19.8 Å². The van der Waals surface area contributed by atoms with Crippen molar-refractivity contribution in [2.24, 2.45) is 0 Å². The van der Waals surface area contributed by atoms with Gasteiger partial charge in [-0.1, -0.05) is 53.8 Å². The van der Waals surface area contributed by atoms with Gasteiger partial charge in [-0.25, -0.2) is 4.98 Å². The number of rotatable bonds is 9. The molecule has 1 amide bonds. The van der Waals surface area contributed by atoms with Crippen LogP contribution in [0.15, 0.2) is 72.8 Å². The molecule has 0 aliphatic heterocycles. The lowest BCUT2D eigenvalue weighted by atomic mass is 10.0. The second-order valence-electron chi connectivity index (χ2n) is 7.04. The van der Waals surface area contributed by atoms with Crippen LogP contribution in [0.1, 0.15) is 28.4 Å². The molecule has 31 heavy (non-hydrogen) atoms. The van der Waals surface area contributed by atoms with Gasteiger partial charge in [-0.2, -0.15) is 0 Å². The predicted octanol–water partition coefficient (Wildman–Crippen LogP) is 5.71. The third-order valence-corrected chi connectivity index (χ3v) is 5.79. The molecule has 0 aliphatic carbocycles. The molecular formula is C25H24N2O3S. The van der Waals surface area contributed by atoms with Gasteiger partial charge >= 0.3 is 0 Å². The molecule has 4 aromatic rings. The number of carbonyl (C=O) groups excluding carboxylic acids is 1. The van der Waals surface area contributed by atoms with Gasteiger partial charge in [0.05, 0.1) is 10.2 Å². The number of aromatic nitrogens is 1. The average molecular weight is 433 g/mol. The molecule has 0 bridgehead atoms. The smallest absolute Gasteiger partial charge is 0.257 e. The number of hydrogen-bond acceptors (Lipinski definition) is 5. The van der Waals surface area contributed by atoms with E-state index in [-0.39, 0.29) is 12.7 Å². The predicted molar refractivity (Wildman–Crippen MR) is 125 cm³/mol. The first-order chi connectivity index (χ1) is 15.2. The zero-order valence-electron chi connectivity index (χ0n) is 17.3. The summed E-state index contributed by atoms with van der Waals surface area (Å²) in [7, 11) is 0. The Morgan fingerprint density at radius 1 is 0.968 bits per heavy atom. The minimum absolute atomic E-state index is 0.165. The molecule has 0 unspecified atom stereocenters. The van der Waals surface area contributed by atoms with Crippen LogP contribution in [0.25, 0.3) is 10.2 Å². The Hall–Kier alpha value is -3.22. The number of benzene rings is 3. The van der Waals surface area contributed by atoms with E-state index in [0.29, 0.717) is 23.1 Å². The maximum Gasteiger partial charge on any atom is 0.257 e. The van der Waals surface area contributed by atoms with E-state index in [1.54, 1.807) is 0 Å². The van der Waals surface area contributed by atoms with Gasteiger partial charge in [0.2, 0.25) is 0 Å². The highest BCUT2D eigenvalue weighted by molar-refractivity contribution is 7.22. The lowest BCUT2D eigenvalue weighted by Gasteiger charge is -2.05. The van der Waals surface area contributed by atoms with Crippen molar-refractivity contribution in [3.8, 4) is 5.75 Å². The second kappa shape index (κ2) is 10.2. The van der Waals surface area contributed by atoms with Gasteiger partial charge in [-0.15, -0.1) is 0 Å². The molecule has 0 saturated heterocycles. The number of nitrogens with zero attached hydrogens (tertiary/aromatic N) is 1. The number of carbonyl (C=O) groups is 1. The number of anilines is 1. The van der Waals surface area contributed by atoms with Gasteiger partial charge in [0.1, 0.15) is 5.75 Å². The third-order valence-electron chi connectivity index (χ3n) is 4.85. The number of fused-ring (bicyclic) bond motifs is 1. The van der Waals surface area contributed by atoms with Crippen molar-refractivity contribution >= 4 is 32.6 Å². The molecule has 3 aromatic carbocycles. The Morgan fingerprint density at radius 3 is 2.45 bits per heavy atom. The highest BCUT2D eigenvalue weighted by atomic mass is 32.1. The summed E-state index contributed by atoms with van der Waals surface area (Å²) in [5, 5.41) is 3.46. The Morgan fingerprint density at radius 2 is 1.71 bits per heavy atom. The van der Waals surface area contributed by atoms with E-state index < -0.39 is 0 Å². The monoisotopic (exact) mass is 432 g/mol. The summed E-state index contributed by atoms with van der Waals surface area (Å²) < 4.78 is 11.7. The third kappa shape index (κ3) is 5.69. The van der Waals surface area contributed by atoms with Crippen LogP contribution in [-0.2, 0) is 17.6 Å².